The molecule has 0 atom stereocenters. The third kappa shape index (κ3) is 3.62. The third-order valence-corrected chi connectivity index (χ3v) is 5.00. The van der Waals surface area contributed by atoms with Gasteiger partial charge in [0.1, 0.15) is 15.7 Å². The maximum Gasteiger partial charge on any atom is 0.270 e. The number of hydrogen-bond acceptors (Lipinski definition) is 6. The zero-order valence-corrected chi connectivity index (χ0v) is 14.6. The van der Waals surface area contributed by atoms with Crippen molar-refractivity contribution in [2.24, 2.45) is 0 Å². The standard InChI is InChI=1S/C15H14FN5OS2/c1-3-23-15-19-14(20-21-15)18-12(22)11-8(2)17-13(24-11)9-4-6-10(16)7-5-9/h4-7H,3H2,1-2H3,(H2,18,19,20,21,22). The van der Waals surface area contributed by atoms with E-state index in [1.54, 1.807) is 19.1 Å². The number of thioether (sulfide) groups is 1. The molecule has 0 spiro atoms. The van der Waals surface area contributed by atoms with Gasteiger partial charge in [0.2, 0.25) is 11.1 Å². The van der Waals surface area contributed by atoms with Crippen LogP contribution in [0.15, 0.2) is 29.4 Å². The Balaban J connectivity index is 1.78. The summed E-state index contributed by atoms with van der Waals surface area (Å²) in [6, 6.07) is 6.01. The van der Waals surface area contributed by atoms with Crippen LogP contribution in [0.3, 0.4) is 0 Å². The van der Waals surface area contributed by atoms with Gasteiger partial charge in [0, 0.05) is 5.56 Å². The summed E-state index contributed by atoms with van der Waals surface area (Å²) in [5.41, 5.74) is 1.38. The Hall–Kier alpha value is -2.26. The fraction of sp³-hybridized carbons (Fsp3) is 0.200. The van der Waals surface area contributed by atoms with Crippen molar-refractivity contribution < 1.29 is 9.18 Å². The molecule has 2 N–H and O–H groups in total. The zero-order chi connectivity index (χ0) is 17.1. The van der Waals surface area contributed by atoms with Crippen LogP contribution in [0.4, 0.5) is 10.3 Å². The second-order valence-electron chi connectivity index (χ2n) is 4.79. The molecule has 9 heteroatoms. The summed E-state index contributed by atoms with van der Waals surface area (Å²) in [5.74, 6) is 0.533. The summed E-state index contributed by atoms with van der Waals surface area (Å²) in [5, 5.41) is 10.6. The van der Waals surface area contributed by atoms with Crippen molar-refractivity contribution in [2.75, 3.05) is 11.1 Å². The molecule has 0 fully saturated rings. The number of aromatic nitrogens is 4. The Morgan fingerprint density at radius 3 is 2.79 bits per heavy atom. The van der Waals surface area contributed by atoms with Crippen molar-refractivity contribution in [2.45, 2.75) is 19.0 Å². The molecule has 6 nitrogen and oxygen atoms in total. The first kappa shape index (κ1) is 16.6. The largest absolute Gasteiger partial charge is 0.290 e. The number of aromatic amines is 1. The molecule has 3 rings (SSSR count). The topological polar surface area (TPSA) is 83.6 Å². The van der Waals surface area contributed by atoms with E-state index < -0.39 is 0 Å². The summed E-state index contributed by atoms with van der Waals surface area (Å²) in [7, 11) is 0. The van der Waals surface area contributed by atoms with Gasteiger partial charge in [-0.1, -0.05) is 18.7 Å². The number of benzene rings is 1. The van der Waals surface area contributed by atoms with Gasteiger partial charge in [-0.05, 0) is 36.9 Å². The monoisotopic (exact) mass is 363 g/mol. The Labute approximate surface area is 145 Å². The summed E-state index contributed by atoms with van der Waals surface area (Å²) >= 11 is 2.73. The number of H-pyrrole nitrogens is 1. The molecule has 3 aromatic rings. The maximum atomic E-state index is 13.0. The lowest BCUT2D eigenvalue weighted by molar-refractivity contribution is 0.102. The summed E-state index contributed by atoms with van der Waals surface area (Å²) in [6.07, 6.45) is 0. The average Bonchev–Trinajstić information content (AvgIpc) is 3.15. The number of rotatable bonds is 5. The van der Waals surface area contributed by atoms with Crippen LogP contribution in [0.25, 0.3) is 10.6 Å². The fourth-order valence-corrected chi connectivity index (χ4v) is 3.47. The van der Waals surface area contributed by atoms with Crippen LogP contribution < -0.4 is 5.32 Å². The number of carbonyl (C=O) groups excluding carboxylic acids is 1. The first-order valence-corrected chi connectivity index (χ1v) is 8.97. The number of aryl methyl sites for hydroxylation is 1. The highest BCUT2D eigenvalue weighted by Crippen LogP contribution is 2.28. The first-order valence-electron chi connectivity index (χ1n) is 7.16. The quantitative estimate of drug-likeness (QED) is 0.675. The van der Waals surface area contributed by atoms with E-state index in [2.05, 4.69) is 25.5 Å². The van der Waals surface area contributed by atoms with Crippen LogP contribution in [0.1, 0.15) is 22.3 Å². The zero-order valence-electron chi connectivity index (χ0n) is 13.0. The highest BCUT2D eigenvalue weighted by Gasteiger charge is 2.17. The van der Waals surface area contributed by atoms with Crippen LogP contribution >= 0.6 is 23.1 Å². The minimum absolute atomic E-state index is 0.298. The second-order valence-corrected chi connectivity index (χ2v) is 7.02. The lowest BCUT2D eigenvalue weighted by atomic mass is 10.2. The van der Waals surface area contributed by atoms with Crippen LogP contribution in [0, 0.1) is 12.7 Å². The molecule has 0 saturated carbocycles. The van der Waals surface area contributed by atoms with Crippen molar-refractivity contribution >= 4 is 35.0 Å². The van der Waals surface area contributed by atoms with Gasteiger partial charge in [-0.15, -0.1) is 16.4 Å². The van der Waals surface area contributed by atoms with Crippen LogP contribution in [-0.4, -0.2) is 31.8 Å². The minimum Gasteiger partial charge on any atom is -0.290 e. The number of nitrogens with one attached hydrogen (secondary N) is 2. The van der Waals surface area contributed by atoms with Crippen molar-refractivity contribution in [3.05, 3.63) is 40.7 Å². The number of hydrogen-bond donors (Lipinski definition) is 2. The fourth-order valence-electron chi connectivity index (χ4n) is 1.98. The summed E-state index contributed by atoms with van der Waals surface area (Å²) in [6.45, 7) is 3.76. The number of nitrogens with zero attached hydrogens (tertiary/aromatic N) is 3. The van der Waals surface area contributed by atoms with E-state index in [1.165, 1.54) is 35.2 Å². The lowest BCUT2D eigenvalue weighted by Gasteiger charge is -1.98. The molecule has 0 bridgehead atoms. The van der Waals surface area contributed by atoms with Gasteiger partial charge in [0.25, 0.3) is 5.91 Å². The molecule has 2 aromatic heterocycles. The molecular formula is C15H14FN5OS2. The van der Waals surface area contributed by atoms with E-state index in [1.807, 2.05) is 6.92 Å². The van der Waals surface area contributed by atoms with Crippen LogP contribution in [0.5, 0.6) is 0 Å². The molecule has 0 aliphatic heterocycles. The second kappa shape index (κ2) is 7.10. The van der Waals surface area contributed by atoms with E-state index >= 15 is 0 Å². The van der Waals surface area contributed by atoms with Crippen LogP contribution in [-0.2, 0) is 0 Å². The Kier molecular flexibility index (Phi) is 4.91. The van der Waals surface area contributed by atoms with Crippen molar-refractivity contribution in [3.8, 4) is 10.6 Å². The third-order valence-electron chi connectivity index (χ3n) is 3.06. The normalized spacial score (nSPS) is 10.8. The summed E-state index contributed by atoms with van der Waals surface area (Å²) < 4.78 is 13.0. The van der Waals surface area contributed by atoms with Crippen molar-refractivity contribution in [1.82, 2.24) is 20.2 Å². The molecule has 0 aliphatic rings. The summed E-state index contributed by atoms with van der Waals surface area (Å²) in [4.78, 5) is 21.5. The number of thiazole rings is 1. The lowest BCUT2D eigenvalue weighted by Crippen LogP contribution is -2.12. The molecule has 1 amide bonds. The molecule has 24 heavy (non-hydrogen) atoms. The van der Waals surface area contributed by atoms with Gasteiger partial charge in [0.05, 0.1) is 5.69 Å². The van der Waals surface area contributed by atoms with Crippen LogP contribution in [0.2, 0.25) is 0 Å². The van der Waals surface area contributed by atoms with Gasteiger partial charge in [-0.3, -0.25) is 10.1 Å². The van der Waals surface area contributed by atoms with E-state index in [0.717, 1.165) is 11.3 Å². The van der Waals surface area contributed by atoms with E-state index in [9.17, 15) is 9.18 Å². The van der Waals surface area contributed by atoms with E-state index in [4.69, 9.17) is 0 Å². The molecule has 0 radical (unpaired) electrons. The molecule has 0 unspecified atom stereocenters. The van der Waals surface area contributed by atoms with Crippen molar-refractivity contribution in [1.29, 1.82) is 0 Å². The first-order chi connectivity index (χ1) is 11.6. The predicted molar refractivity (Wildman–Crippen MR) is 93.0 cm³/mol. The number of halogens is 1. The van der Waals surface area contributed by atoms with Crippen molar-refractivity contribution in [3.63, 3.8) is 0 Å². The molecule has 124 valence electrons. The highest BCUT2D eigenvalue weighted by molar-refractivity contribution is 7.99. The average molecular weight is 363 g/mol. The Bertz CT molecular complexity index is 859. The van der Waals surface area contributed by atoms with Gasteiger partial charge >= 0.3 is 0 Å². The number of anilines is 1. The van der Waals surface area contributed by atoms with Gasteiger partial charge in [-0.2, -0.15) is 4.98 Å². The number of amides is 1. The molecule has 2 heterocycles. The van der Waals surface area contributed by atoms with E-state index in [-0.39, 0.29) is 11.7 Å². The Morgan fingerprint density at radius 1 is 1.33 bits per heavy atom. The predicted octanol–water partition coefficient (Wildman–Crippen LogP) is 3.74. The molecule has 0 saturated heterocycles. The van der Waals surface area contributed by atoms with Gasteiger partial charge in [0.15, 0.2) is 0 Å². The molecular weight excluding hydrogens is 349 g/mol. The number of carbonyl (C=O) groups is 1. The smallest absolute Gasteiger partial charge is 0.270 e. The van der Waals surface area contributed by atoms with Gasteiger partial charge in [-0.25, -0.2) is 14.5 Å². The van der Waals surface area contributed by atoms with Gasteiger partial charge < -0.3 is 0 Å². The SMILES string of the molecule is CCSc1n[nH]c(NC(=O)c2sc(-c3ccc(F)cc3)nc2C)n1. The molecule has 1 aromatic carbocycles. The van der Waals surface area contributed by atoms with E-state index in [0.29, 0.717) is 26.7 Å². The minimum atomic E-state index is -0.309. The Morgan fingerprint density at radius 2 is 2.08 bits per heavy atom. The molecule has 0 aliphatic carbocycles. The maximum absolute atomic E-state index is 13.0. The highest BCUT2D eigenvalue weighted by atomic mass is 32.2.